The number of nitrogens with zero attached hydrogens (tertiary/aromatic N) is 5. The Labute approximate surface area is 211 Å². The van der Waals surface area contributed by atoms with Gasteiger partial charge in [-0.25, -0.2) is 17.4 Å². The van der Waals surface area contributed by atoms with Gasteiger partial charge in [0.2, 0.25) is 0 Å². The molecule has 0 unspecified atom stereocenters. The van der Waals surface area contributed by atoms with Crippen LogP contribution in [0.25, 0.3) is 10.9 Å². The Bertz CT molecular complexity index is 1530. The van der Waals surface area contributed by atoms with E-state index in [0.29, 0.717) is 22.8 Å². The van der Waals surface area contributed by atoms with Crippen molar-refractivity contribution in [2.24, 2.45) is 0 Å². The Morgan fingerprint density at radius 3 is 2.47 bits per heavy atom. The number of nitriles is 1. The second-order valence-corrected chi connectivity index (χ2v) is 11.0. The summed E-state index contributed by atoms with van der Waals surface area (Å²) in [7, 11) is 0.333. The van der Waals surface area contributed by atoms with E-state index in [1.54, 1.807) is 30.5 Å². The highest BCUT2D eigenvalue weighted by Crippen LogP contribution is 2.28. The lowest BCUT2D eigenvalue weighted by molar-refractivity contribution is 0.249. The van der Waals surface area contributed by atoms with Crippen LogP contribution in [-0.4, -0.2) is 55.5 Å². The molecule has 4 aromatic rings. The maximum atomic E-state index is 13.4. The highest BCUT2D eigenvalue weighted by atomic mass is 32.2. The van der Waals surface area contributed by atoms with Gasteiger partial charge in [0.25, 0.3) is 10.0 Å². The van der Waals surface area contributed by atoms with Gasteiger partial charge in [-0.05, 0) is 69.4 Å². The number of hydrogen-bond acceptors (Lipinski definition) is 7. The maximum absolute atomic E-state index is 13.4. The highest BCUT2D eigenvalue weighted by Gasteiger charge is 2.23. The van der Waals surface area contributed by atoms with Crippen LogP contribution in [0.5, 0.6) is 0 Å². The van der Waals surface area contributed by atoms with Crippen molar-refractivity contribution in [1.82, 2.24) is 13.9 Å². The van der Waals surface area contributed by atoms with Gasteiger partial charge in [-0.3, -0.25) is 0 Å². The van der Waals surface area contributed by atoms with Crippen molar-refractivity contribution < 1.29 is 8.42 Å². The standard InChI is InChI=1S/C27H28N6O2S/c1-31(2)23-12-14-32(15-13-23)24-9-7-22(8-10-24)30-27-17-25-21(19-29-27)11-16-33(25)36(34,35)26-6-4-3-5-20(26)18-28/h3-11,16-17,19,23H,12-15H2,1-2H3,(H,29,30). The van der Waals surface area contributed by atoms with Crippen LogP contribution in [0.3, 0.4) is 0 Å². The minimum atomic E-state index is -3.95. The van der Waals surface area contributed by atoms with Gasteiger partial charge in [-0.1, -0.05) is 12.1 Å². The summed E-state index contributed by atoms with van der Waals surface area (Å²) in [4.78, 5) is 9.14. The molecule has 3 heterocycles. The lowest BCUT2D eigenvalue weighted by atomic mass is 10.0. The Balaban J connectivity index is 1.37. The van der Waals surface area contributed by atoms with Crippen LogP contribution in [0.2, 0.25) is 0 Å². The van der Waals surface area contributed by atoms with E-state index in [-0.39, 0.29) is 10.5 Å². The summed E-state index contributed by atoms with van der Waals surface area (Å²) < 4.78 is 27.9. The van der Waals surface area contributed by atoms with Crippen molar-refractivity contribution >= 4 is 38.1 Å². The van der Waals surface area contributed by atoms with E-state index in [0.717, 1.165) is 31.6 Å². The predicted molar refractivity (Wildman–Crippen MR) is 142 cm³/mol. The molecule has 2 aromatic carbocycles. The molecule has 1 aliphatic rings. The minimum absolute atomic E-state index is 0.0264. The van der Waals surface area contributed by atoms with Crippen molar-refractivity contribution in [1.29, 1.82) is 5.26 Å². The second kappa shape index (κ2) is 9.64. The van der Waals surface area contributed by atoms with Gasteiger partial charge in [0.05, 0.1) is 11.1 Å². The molecule has 5 rings (SSSR count). The van der Waals surface area contributed by atoms with Crippen LogP contribution in [0, 0.1) is 11.3 Å². The molecule has 0 bridgehead atoms. The quantitative estimate of drug-likeness (QED) is 0.419. The van der Waals surface area contributed by atoms with Crippen LogP contribution < -0.4 is 10.2 Å². The minimum Gasteiger partial charge on any atom is -0.371 e. The first kappa shape index (κ1) is 23.9. The Hall–Kier alpha value is -3.87. The third kappa shape index (κ3) is 4.53. The molecule has 36 heavy (non-hydrogen) atoms. The average Bonchev–Trinajstić information content (AvgIpc) is 3.33. The largest absolute Gasteiger partial charge is 0.371 e. The Morgan fingerprint density at radius 2 is 1.78 bits per heavy atom. The van der Waals surface area contributed by atoms with Crippen LogP contribution in [0.1, 0.15) is 18.4 Å². The second-order valence-electron chi connectivity index (χ2n) is 9.21. The number of piperidine rings is 1. The van der Waals surface area contributed by atoms with E-state index in [4.69, 9.17) is 0 Å². The first-order valence-corrected chi connectivity index (χ1v) is 13.3. The summed E-state index contributed by atoms with van der Waals surface area (Å²) in [6.07, 6.45) is 5.44. The topological polar surface area (TPSA) is 94.3 Å². The van der Waals surface area contributed by atoms with E-state index < -0.39 is 10.0 Å². The third-order valence-electron chi connectivity index (χ3n) is 6.78. The number of nitrogens with one attached hydrogen (secondary N) is 1. The molecule has 0 aliphatic carbocycles. The summed E-state index contributed by atoms with van der Waals surface area (Å²) in [6.45, 7) is 2.07. The van der Waals surface area contributed by atoms with Crippen LogP contribution in [-0.2, 0) is 10.0 Å². The van der Waals surface area contributed by atoms with Crippen molar-refractivity contribution in [2.45, 2.75) is 23.8 Å². The third-order valence-corrected chi connectivity index (χ3v) is 8.53. The average molecular weight is 501 g/mol. The molecular weight excluding hydrogens is 472 g/mol. The summed E-state index contributed by atoms with van der Waals surface area (Å²) in [5.41, 5.74) is 2.65. The van der Waals surface area contributed by atoms with Crippen LogP contribution in [0.4, 0.5) is 17.2 Å². The molecule has 1 N–H and O–H groups in total. The molecule has 0 spiro atoms. The molecular formula is C27H28N6O2S. The molecule has 0 saturated carbocycles. The van der Waals surface area contributed by atoms with Crippen molar-refractivity contribution in [3.8, 4) is 6.07 Å². The van der Waals surface area contributed by atoms with E-state index in [1.165, 1.54) is 28.0 Å². The molecule has 9 heteroatoms. The zero-order valence-electron chi connectivity index (χ0n) is 20.3. The lowest BCUT2D eigenvalue weighted by Gasteiger charge is -2.36. The monoisotopic (exact) mass is 500 g/mol. The number of pyridine rings is 1. The van der Waals surface area contributed by atoms with Gasteiger partial charge in [0, 0.05) is 54.4 Å². The lowest BCUT2D eigenvalue weighted by Crippen LogP contribution is -2.41. The fourth-order valence-electron chi connectivity index (χ4n) is 4.71. The number of anilines is 3. The molecule has 1 aliphatic heterocycles. The van der Waals surface area contributed by atoms with Crippen LogP contribution >= 0.6 is 0 Å². The highest BCUT2D eigenvalue weighted by molar-refractivity contribution is 7.90. The van der Waals surface area contributed by atoms with Crippen molar-refractivity contribution in [3.05, 3.63) is 78.6 Å². The number of rotatable bonds is 6. The molecule has 0 atom stereocenters. The maximum Gasteiger partial charge on any atom is 0.269 e. The SMILES string of the molecule is CN(C)C1CCN(c2ccc(Nc3cc4c(ccn4S(=O)(=O)c4ccccc4C#N)cn3)cc2)CC1. The van der Waals surface area contributed by atoms with E-state index in [1.807, 2.05) is 18.2 Å². The number of fused-ring (bicyclic) bond motifs is 1. The van der Waals surface area contributed by atoms with Gasteiger partial charge >= 0.3 is 0 Å². The number of benzene rings is 2. The first-order chi connectivity index (χ1) is 17.4. The van der Waals surface area contributed by atoms with Crippen LogP contribution in [0.15, 0.2) is 78.0 Å². The van der Waals surface area contributed by atoms with E-state index >= 15 is 0 Å². The van der Waals surface area contributed by atoms with Gasteiger partial charge in [0.15, 0.2) is 0 Å². The van der Waals surface area contributed by atoms with Gasteiger partial charge < -0.3 is 15.1 Å². The van der Waals surface area contributed by atoms with Gasteiger partial charge in [-0.15, -0.1) is 0 Å². The smallest absolute Gasteiger partial charge is 0.269 e. The first-order valence-electron chi connectivity index (χ1n) is 11.9. The van der Waals surface area contributed by atoms with Gasteiger partial charge in [-0.2, -0.15) is 5.26 Å². The van der Waals surface area contributed by atoms with Crippen molar-refractivity contribution in [3.63, 3.8) is 0 Å². The molecule has 8 nitrogen and oxygen atoms in total. The molecule has 1 fully saturated rings. The molecule has 2 aromatic heterocycles. The summed E-state index contributed by atoms with van der Waals surface area (Å²) in [5, 5.41) is 13.4. The van der Waals surface area contributed by atoms with E-state index in [2.05, 4.69) is 46.3 Å². The Morgan fingerprint density at radius 1 is 1.06 bits per heavy atom. The summed E-state index contributed by atoms with van der Waals surface area (Å²) >= 11 is 0. The molecule has 0 radical (unpaired) electrons. The predicted octanol–water partition coefficient (Wildman–Crippen LogP) is 4.42. The van der Waals surface area contributed by atoms with Gasteiger partial charge in [0.1, 0.15) is 16.8 Å². The number of aromatic nitrogens is 2. The summed E-state index contributed by atoms with van der Waals surface area (Å²) in [6, 6.07) is 20.5. The Kier molecular flexibility index (Phi) is 6.39. The zero-order chi connectivity index (χ0) is 25.3. The number of hydrogen-bond donors (Lipinski definition) is 1. The molecule has 1 saturated heterocycles. The molecule has 0 amide bonds. The molecule has 184 valence electrons. The van der Waals surface area contributed by atoms with E-state index in [9.17, 15) is 13.7 Å². The zero-order valence-corrected chi connectivity index (χ0v) is 21.1. The fraction of sp³-hybridized carbons (Fsp3) is 0.259. The summed E-state index contributed by atoms with van der Waals surface area (Å²) in [5.74, 6) is 0.533. The van der Waals surface area contributed by atoms with Crippen molar-refractivity contribution in [2.75, 3.05) is 37.4 Å². The fourth-order valence-corrected chi connectivity index (χ4v) is 6.21. The normalized spacial score (nSPS) is 14.8.